The Morgan fingerprint density at radius 3 is 2.53 bits per heavy atom. The molecule has 1 aliphatic heterocycles. The number of hydrogen-bond donors (Lipinski definition) is 2. The largest absolute Gasteiger partial charge is 0.497 e. The van der Waals surface area contributed by atoms with Crippen molar-refractivity contribution in [1.29, 1.82) is 0 Å². The van der Waals surface area contributed by atoms with Gasteiger partial charge < -0.3 is 15.4 Å². The van der Waals surface area contributed by atoms with Gasteiger partial charge in [0.15, 0.2) is 0 Å². The minimum atomic E-state index is -0.278. The van der Waals surface area contributed by atoms with E-state index in [1.165, 1.54) is 11.3 Å². The average Bonchev–Trinajstić information content (AvgIpc) is 3.23. The summed E-state index contributed by atoms with van der Waals surface area (Å²) in [5.74, 6) is 0.461. The minimum Gasteiger partial charge on any atom is -0.497 e. The Labute approximate surface area is 179 Å². The molecule has 1 fully saturated rings. The third-order valence-electron chi connectivity index (χ3n) is 4.64. The molecule has 2 amide bonds. The highest BCUT2D eigenvalue weighted by Gasteiger charge is 2.21. The molecule has 0 radical (unpaired) electrons. The molecule has 0 unspecified atom stereocenters. The van der Waals surface area contributed by atoms with Crippen LogP contribution in [-0.4, -0.2) is 78.2 Å². The fourth-order valence-corrected chi connectivity index (χ4v) is 3.79. The van der Waals surface area contributed by atoms with Crippen molar-refractivity contribution in [3.8, 4) is 5.75 Å². The van der Waals surface area contributed by atoms with Crippen LogP contribution in [0.1, 0.15) is 14.8 Å². The first kappa shape index (κ1) is 21.9. The van der Waals surface area contributed by atoms with Crippen LogP contribution in [0.3, 0.4) is 0 Å². The quantitative estimate of drug-likeness (QED) is 0.577. The summed E-state index contributed by atoms with van der Waals surface area (Å²) in [5.41, 5.74) is 0.672. The molecule has 1 saturated heterocycles. The van der Waals surface area contributed by atoms with Crippen LogP contribution < -0.4 is 15.4 Å². The molecule has 3 rings (SSSR count). The lowest BCUT2D eigenvalue weighted by molar-refractivity contribution is -0.122. The number of aromatic nitrogens is 2. The topological polar surface area (TPSA) is 99.7 Å². The molecule has 30 heavy (non-hydrogen) atoms. The predicted octanol–water partition coefficient (Wildman–Crippen LogP) is 1.22. The lowest BCUT2D eigenvalue weighted by atomic mass is 10.3. The number of carbonyl (C=O) groups is 2. The number of nitrogens with zero attached hydrogens (tertiary/aromatic N) is 4. The molecule has 0 spiro atoms. The zero-order valence-corrected chi connectivity index (χ0v) is 17.8. The molecule has 9 nitrogen and oxygen atoms in total. The SMILES string of the molecule is C=CCNC(=O)CN1CCN(Cc2nnc(C(=O)Nc3ccc(OC)cc3)s2)CC1. The molecule has 1 aromatic carbocycles. The van der Waals surface area contributed by atoms with E-state index in [4.69, 9.17) is 4.74 Å². The molecule has 0 atom stereocenters. The van der Waals surface area contributed by atoms with Gasteiger partial charge in [-0.2, -0.15) is 0 Å². The van der Waals surface area contributed by atoms with Crippen molar-refractivity contribution in [1.82, 2.24) is 25.3 Å². The van der Waals surface area contributed by atoms with Gasteiger partial charge in [0.1, 0.15) is 10.8 Å². The fraction of sp³-hybridized carbons (Fsp3) is 0.400. The van der Waals surface area contributed by atoms with Crippen LogP contribution in [0.4, 0.5) is 5.69 Å². The van der Waals surface area contributed by atoms with Gasteiger partial charge in [-0.3, -0.25) is 19.4 Å². The summed E-state index contributed by atoms with van der Waals surface area (Å²) in [4.78, 5) is 28.6. The van der Waals surface area contributed by atoms with Gasteiger partial charge in [0.25, 0.3) is 5.91 Å². The van der Waals surface area contributed by atoms with Crippen LogP contribution in [0.25, 0.3) is 0 Å². The Bertz CT molecular complexity index is 862. The molecule has 2 heterocycles. The molecule has 0 saturated carbocycles. The summed E-state index contributed by atoms with van der Waals surface area (Å²) in [6, 6.07) is 7.11. The summed E-state index contributed by atoms with van der Waals surface area (Å²) in [7, 11) is 1.59. The number of rotatable bonds is 9. The Hall–Kier alpha value is -2.82. The van der Waals surface area contributed by atoms with Crippen LogP contribution in [0.15, 0.2) is 36.9 Å². The van der Waals surface area contributed by atoms with Crippen LogP contribution in [-0.2, 0) is 11.3 Å². The summed E-state index contributed by atoms with van der Waals surface area (Å²) < 4.78 is 5.11. The molecule has 0 bridgehead atoms. The maximum atomic E-state index is 12.4. The molecule has 1 aliphatic rings. The zero-order chi connectivity index (χ0) is 21.3. The van der Waals surface area contributed by atoms with Gasteiger partial charge in [0, 0.05) is 38.4 Å². The number of amides is 2. The van der Waals surface area contributed by atoms with E-state index in [0.29, 0.717) is 30.3 Å². The number of anilines is 1. The number of methoxy groups -OCH3 is 1. The Balaban J connectivity index is 1.44. The van der Waals surface area contributed by atoms with Gasteiger partial charge in [0.05, 0.1) is 20.2 Å². The first-order chi connectivity index (χ1) is 14.6. The molecule has 1 aromatic heterocycles. The van der Waals surface area contributed by atoms with Gasteiger partial charge >= 0.3 is 0 Å². The lowest BCUT2D eigenvalue weighted by Gasteiger charge is -2.33. The monoisotopic (exact) mass is 430 g/mol. The van der Waals surface area contributed by atoms with Crippen molar-refractivity contribution in [3.05, 3.63) is 46.9 Å². The highest BCUT2D eigenvalue weighted by Crippen LogP contribution is 2.18. The second-order valence-corrected chi connectivity index (χ2v) is 7.89. The van der Waals surface area contributed by atoms with Gasteiger partial charge in [-0.25, -0.2) is 0 Å². The highest BCUT2D eigenvalue weighted by atomic mass is 32.1. The average molecular weight is 431 g/mol. The van der Waals surface area contributed by atoms with E-state index in [1.54, 1.807) is 37.5 Å². The molecule has 2 N–H and O–H groups in total. The molecule has 2 aromatic rings. The normalized spacial score (nSPS) is 14.8. The van der Waals surface area contributed by atoms with Crippen molar-refractivity contribution in [3.63, 3.8) is 0 Å². The minimum absolute atomic E-state index is 0.0139. The number of benzene rings is 1. The summed E-state index contributed by atoms with van der Waals surface area (Å²) in [6.45, 7) is 8.42. The van der Waals surface area contributed by atoms with E-state index >= 15 is 0 Å². The first-order valence-corrected chi connectivity index (χ1v) is 10.5. The van der Waals surface area contributed by atoms with Crippen LogP contribution in [0, 0.1) is 0 Å². The van der Waals surface area contributed by atoms with Crippen molar-refractivity contribution in [2.24, 2.45) is 0 Å². The van der Waals surface area contributed by atoms with Crippen LogP contribution in [0.5, 0.6) is 5.75 Å². The Morgan fingerprint density at radius 2 is 1.87 bits per heavy atom. The van der Waals surface area contributed by atoms with Gasteiger partial charge in [-0.15, -0.1) is 16.8 Å². The first-order valence-electron chi connectivity index (χ1n) is 9.67. The molecule has 160 valence electrons. The number of hydrogen-bond acceptors (Lipinski definition) is 8. The van der Waals surface area contributed by atoms with Crippen LogP contribution >= 0.6 is 11.3 Å². The smallest absolute Gasteiger partial charge is 0.286 e. The number of carbonyl (C=O) groups excluding carboxylic acids is 2. The molecule has 10 heteroatoms. The van der Waals surface area contributed by atoms with Gasteiger partial charge in [-0.1, -0.05) is 17.4 Å². The van der Waals surface area contributed by atoms with Crippen molar-refractivity contribution in [2.45, 2.75) is 6.54 Å². The van der Waals surface area contributed by atoms with E-state index < -0.39 is 0 Å². The number of ether oxygens (including phenoxy) is 1. The summed E-state index contributed by atoms with van der Waals surface area (Å²) in [6.07, 6.45) is 1.67. The Morgan fingerprint density at radius 1 is 1.17 bits per heavy atom. The van der Waals surface area contributed by atoms with E-state index in [1.807, 2.05) is 0 Å². The van der Waals surface area contributed by atoms with E-state index in [2.05, 4.69) is 37.2 Å². The molecule has 0 aliphatic carbocycles. The maximum absolute atomic E-state index is 12.4. The van der Waals surface area contributed by atoms with E-state index in [-0.39, 0.29) is 11.8 Å². The number of nitrogens with one attached hydrogen (secondary N) is 2. The third kappa shape index (κ3) is 6.34. The third-order valence-corrected chi connectivity index (χ3v) is 5.55. The standard InChI is InChI=1S/C20H26N6O3S/c1-3-8-21-17(27)13-25-9-11-26(12-10-25)14-18-23-24-20(30-18)19(28)22-15-4-6-16(29-2)7-5-15/h3-7H,1,8-14H2,2H3,(H,21,27)(H,22,28). The van der Waals surface area contributed by atoms with Crippen LogP contribution in [0.2, 0.25) is 0 Å². The number of piperazine rings is 1. The van der Waals surface area contributed by atoms with Crippen molar-refractivity contribution >= 4 is 28.8 Å². The van der Waals surface area contributed by atoms with E-state index in [0.717, 1.165) is 36.9 Å². The molecular weight excluding hydrogens is 404 g/mol. The second-order valence-electron chi connectivity index (χ2n) is 6.83. The maximum Gasteiger partial charge on any atom is 0.286 e. The zero-order valence-electron chi connectivity index (χ0n) is 17.0. The summed E-state index contributed by atoms with van der Waals surface area (Å²) >= 11 is 1.29. The Kier molecular flexibility index (Phi) is 7.89. The fourth-order valence-electron chi connectivity index (χ4n) is 3.01. The second kappa shape index (κ2) is 10.8. The van der Waals surface area contributed by atoms with E-state index in [9.17, 15) is 9.59 Å². The molecular formula is C20H26N6O3S. The highest BCUT2D eigenvalue weighted by molar-refractivity contribution is 7.13. The summed E-state index contributed by atoms with van der Waals surface area (Å²) in [5, 5.41) is 14.9. The van der Waals surface area contributed by atoms with Crippen molar-refractivity contribution < 1.29 is 14.3 Å². The van der Waals surface area contributed by atoms with Crippen molar-refractivity contribution in [2.75, 3.05) is 51.7 Å². The lowest BCUT2D eigenvalue weighted by Crippen LogP contribution is -2.49. The van der Waals surface area contributed by atoms with Gasteiger partial charge in [0.2, 0.25) is 10.9 Å². The predicted molar refractivity (Wildman–Crippen MR) is 116 cm³/mol. The van der Waals surface area contributed by atoms with Gasteiger partial charge in [-0.05, 0) is 24.3 Å².